The molecule has 1 heteroatoms. The Morgan fingerprint density at radius 3 is 1.70 bits per heavy atom. The molecule has 2 N–H and O–H groups in total. The lowest BCUT2D eigenvalue weighted by atomic mass is 9.93. The van der Waals surface area contributed by atoms with E-state index in [1.165, 1.54) is 27.8 Å². The van der Waals surface area contributed by atoms with Gasteiger partial charge in [0.05, 0.1) is 5.54 Å². The molecule has 1 aliphatic rings. The van der Waals surface area contributed by atoms with E-state index in [0.717, 1.165) is 5.57 Å². The number of rotatable bonds is 3. The van der Waals surface area contributed by atoms with Gasteiger partial charge in [0.1, 0.15) is 0 Å². The Balaban J connectivity index is 1.87. The van der Waals surface area contributed by atoms with Crippen LogP contribution in [0.4, 0.5) is 0 Å². The van der Waals surface area contributed by atoms with Crippen molar-refractivity contribution in [3.05, 3.63) is 115 Å². The van der Waals surface area contributed by atoms with Crippen molar-refractivity contribution in [3.63, 3.8) is 0 Å². The highest BCUT2D eigenvalue weighted by Gasteiger charge is 2.13. The van der Waals surface area contributed by atoms with Crippen LogP contribution in [0, 0.1) is 0 Å². The maximum absolute atomic E-state index is 6.25. The average Bonchev–Trinajstić information content (AvgIpc) is 2.89. The smallest absolute Gasteiger partial charge is 0.0502 e. The van der Waals surface area contributed by atoms with E-state index in [2.05, 4.69) is 97.1 Å². The first-order valence-corrected chi connectivity index (χ1v) is 9.25. The number of allylic oxidation sites excluding steroid dienone is 4. The maximum Gasteiger partial charge on any atom is 0.0502 e. The van der Waals surface area contributed by atoms with E-state index in [1.807, 2.05) is 19.1 Å². The van der Waals surface area contributed by atoms with Gasteiger partial charge < -0.3 is 5.73 Å². The molecule has 0 heterocycles. The highest BCUT2D eigenvalue weighted by molar-refractivity contribution is 5.84. The molecule has 0 amide bonds. The largest absolute Gasteiger partial charge is 0.319 e. The van der Waals surface area contributed by atoms with Gasteiger partial charge in [0.2, 0.25) is 0 Å². The summed E-state index contributed by atoms with van der Waals surface area (Å²) < 4.78 is 0. The Morgan fingerprint density at radius 1 is 0.630 bits per heavy atom. The molecule has 0 radical (unpaired) electrons. The Labute approximate surface area is 161 Å². The van der Waals surface area contributed by atoms with Gasteiger partial charge in [-0.15, -0.1) is 0 Å². The Hall–Kier alpha value is -3.16. The summed E-state index contributed by atoms with van der Waals surface area (Å²) in [5.74, 6) is 0. The van der Waals surface area contributed by atoms with Gasteiger partial charge in [-0.2, -0.15) is 0 Å². The zero-order chi connectivity index (χ0) is 18.7. The molecule has 132 valence electrons. The summed E-state index contributed by atoms with van der Waals surface area (Å²) in [5.41, 5.74) is 13.0. The third-order valence-electron chi connectivity index (χ3n) is 4.83. The van der Waals surface area contributed by atoms with Crippen LogP contribution in [0.2, 0.25) is 0 Å². The summed E-state index contributed by atoms with van der Waals surface area (Å²) in [6.07, 6.45) is 10.4. The summed E-state index contributed by atoms with van der Waals surface area (Å²) in [4.78, 5) is 0. The molecule has 1 unspecified atom stereocenters. The lowest BCUT2D eigenvalue weighted by Crippen LogP contribution is -2.30. The monoisotopic (exact) mass is 349 g/mol. The van der Waals surface area contributed by atoms with E-state index in [4.69, 9.17) is 5.73 Å². The van der Waals surface area contributed by atoms with Crippen molar-refractivity contribution >= 4 is 5.57 Å². The number of hydrogen-bond donors (Lipinski definition) is 1. The highest BCUT2D eigenvalue weighted by atomic mass is 14.7. The van der Waals surface area contributed by atoms with Crippen molar-refractivity contribution < 1.29 is 0 Å². The second kappa shape index (κ2) is 7.22. The molecule has 1 aliphatic carbocycles. The molecule has 0 saturated heterocycles. The van der Waals surface area contributed by atoms with Gasteiger partial charge in [0, 0.05) is 0 Å². The van der Waals surface area contributed by atoms with E-state index in [-0.39, 0.29) is 0 Å². The molecule has 0 spiro atoms. The van der Waals surface area contributed by atoms with Crippen LogP contribution in [0.5, 0.6) is 0 Å². The molecule has 3 aromatic rings. The maximum atomic E-state index is 6.25. The van der Waals surface area contributed by atoms with Gasteiger partial charge in [0.15, 0.2) is 0 Å². The van der Waals surface area contributed by atoms with Crippen molar-refractivity contribution in [1.29, 1.82) is 0 Å². The molecule has 0 bridgehead atoms. The Kier molecular flexibility index (Phi) is 4.62. The molecule has 0 saturated carbocycles. The number of nitrogens with two attached hydrogens (primary N) is 1. The first kappa shape index (κ1) is 17.3. The van der Waals surface area contributed by atoms with Crippen LogP contribution in [0.25, 0.3) is 27.8 Å². The van der Waals surface area contributed by atoms with Crippen molar-refractivity contribution in [2.45, 2.75) is 12.5 Å². The lowest BCUT2D eigenvalue weighted by Gasteiger charge is -2.14. The fourth-order valence-electron chi connectivity index (χ4n) is 3.32. The highest BCUT2D eigenvalue weighted by Crippen LogP contribution is 2.32. The van der Waals surface area contributed by atoms with Crippen LogP contribution in [-0.2, 0) is 0 Å². The molecule has 1 nitrogen and oxygen atoms in total. The summed E-state index contributed by atoms with van der Waals surface area (Å²) in [6.45, 7) is 2.01. The second-order valence-corrected chi connectivity index (χ2v) is 7.21. The summed E-state index contributed by atoms with van der Waals surface area (Å²) >= 11 is 0. The average molecular weight is 349 g/mol. The first-order chi connectivity index (χ1) is 13.1. The normalized spacial score (nSPS) is 18.8. The second-order valence-electron chi connectivity index (χ2n) is 7.21. The summed E-state index contributed by atoms with van der Waals surface area (Å²) in [6, 6.07) is 27.8. The van der Waals surface area contributed by atoms with Gasteiger partial charge in [0.25, 0.3) is 0 Å². The third kappa shape index (κ3) is 3.99. The predicted molar refractivity (Wildman–Crippen MR) is 116 cm³/mol. The van der Waals surface area contributed by atoms with Gasteiger partial charge in [-0.3, -0.25) is 0 Å². The van der Waals surface area contributed by atoms with E-state index >= 15 is 0 Å². The molecular weight excluding hydrogens is 326 g/mol. The third-order valence-corrected chi connectivity index (χ3v) is 4.83. The van der Waals surface area contributed by atoms with Crippen LogP contribution in [0.3, 0.4) is 0 Å². The molecule has 0 fully saturated rings. The minimum absolute atomic E-state index is 0.419. The molecule has 0 aromatic heterocycles. The number of benzene rings is 3. The van der Waals surface area contributed by atoms with Crippen molar-refractivity contribution in [1.82, 2.24) is 0 Å². The van der Waals surface area contributed by atoms with Gasteiger partial charge in [-0.25, -0.2) is 0 Å². The summed E-state index contributed by atoms with van der Waals surface area (Å²) in [5, 5.41) is 0. The van der Waals surface area contributed by atoms with E-state index in [1.54, 1.807) is 0 Å². The van der Waals surface area contributed by atoms with E-state index in [9.17, 15) is 0 Å². The van der Waals surface area contributed by atoms with Crippen LogP contribution in [0.15, 0.2) is 109 Å². The zero-order valence-electron chi connectivity index (χ0n) is 15.5. The standard InChI is InChI=1S/C26H23N/c1-26(27)15-8-13-22(14-16-26)25-18-23(20-9-4-2-5-10-20)17-24(19-25)21-11-6-3-7-12-21/h2-19H,27H2,1H3. The van der Waals surface area contributed by atoms with Crippen molar-refractivity contribution in [2.75, 3.05) is 0 Å². The summed E-state index contributed by atoms with van der Waals surface area (Å²) in [7, 11) is 0. The minimum atomic E-state index is -0.419. The molecule has 27 heavy (non-hydrogen) atoms. The lowest BCUT2D eigenvalue weighted by molar-refractivity contribution is 0.736. The van der Waals surface area contributed by atoms with Crippen LogP contribution in [0.1, 0.15) is 12.5 Å². The Morgan fingerprint density at radius 2 is 1.15 bits per heavy atom. The molecule has 4 rings (SSSR count). The quantitative estimate of drug-likeness (QED) is 0.594. The fourth-order valence-corrected chi connectivity index (χ4v) is 3.32. The van der Waals surface area contributed by atoms with Gasteiger partial charge in [-0.05, 0) is 58.5 Å². The first-order valence-electron chi connectivity index (χ1n) is 9.25. The number of hydrogen-bond acceptors (Lipinski definition) is 1. The van der Waals surface area contributed by atoms with Gasteiger partial charge >= 0.3 is 0 Å². The molecule has 0 aliphatic heterocycles. The molecular formula is C26H23N. The van der Waals surface area contributed by atoms with E-state index in [0.29, 0.717) is 0 Å². The van der Waals surface area contributed by atoms with E-state index < -0.39 is 5.54 Å². The molecule has 1 atom stereocenters. The van der Waals surface area contributed by atoms with Crippen LogP contribution >= 0.6 is 0 Å². The Bertz CT molecular complexity index is 965. The zero-order valence-corrected chi connectivity index (χ0v) is 15.5. The SMILES string of the molecule is CC1(N)C=CC=C(c2cc(-c3ccccc3)cc(-c3ccccc3)c2)C=C1. The van der Waals surface area contributed by atoms with Crippen molar-refractivity contribution in [2.24, 2.45) is 5.73 Å². The fraction of sp³-hybridized carbons (Fsp3) is 0.0769. The minimum Gasteiger partial charge on any atom is -0.319 e. The predicted octanol–water partition coefficient (Wildman–Crippen LogP) is 6.25. The van der Waals surface area contributed by atoms with Crippen molar-refractivity contribution in [3.8, 4) is 22.3 Å². The van der Waals surface area contributed by atoms with Crippen LogP contribution in [-0.4, -0.2) is 5.54 Å². The molecule has 3 aromatic carbocycles. The van der Waals surface area contributed by atoms with Gasteiger partial charge in [-0.1, -0.05) is 91.0 Å². The van der Waals surface area contributed by atoms with Crippen LogP contribution < -0.4 is 5.73 Å². The topological polar surface area (TPSA) is 26.0 Å².